The van der Waals surface area contributed by atoms with Gasteiger partial charge in [-0.15, -0.1) is 0 Å². The lowest BCUT2D eigenvalue weighted by molar-refractivity contribution is -0.159. The van der Waals surface area contributed by atoms with Crippen molar-refractivity contribution in [2.45, 2.75) is 175 Å². The lowest BCUT2D eigenvalue weighted by Gasteiger charge is -2.41. The number of carbonyl (C=O) groups excluding carboxylic acids is 8. The molecule has 17 nitrogen and oxygen atoms in total. The molecular formula is C51H80N6O11. The fourth-order valence-electron chi connectivity index (χ4n) is 8.93. The van der Waals surface area contributed by atoms with E-state index in [2.05, 4.69) is 16.0 Å². The van der Waals surface area contributed by atoms with Gasteiger partial charge in [0.25, 0.3) is 11.8 Å². The summed E-state index contributed by atoms with van der Waals surface area (Å²) in [6.07, 6.45) is 4.85. The highest BCUT2D eigenvalue weighted by Crippen LogP contribution is 2.30. The fraction of sp³-hybridized carbons (Fsp3) is 0.686. The van der Waals surface area contributed by atoms with E-state index in [0.717, 1.165) is 10.5 Å². The Morgan fingerprint density at radius 1 is 0.868 bits per heavy atom. The number of carbonyl (C=O) groups is 8. The molecule has 2 heterocycles. The van der Waals surface area contributed by atoms with Gasteiger partial charge >= 0.3 is 5.97 Å². The first-order valence-electron chi connectivity index (χ1n) is 24.2. The number of esters is 1. The Labute approximate surface area is 404 Å². The quantitative estimate of drug-likeness (QED) is 0.0669. The first kappa shape index (κ1) is 57.2. The minimum Gasteiger partial charge on any atom is -0.458 e. The maximum absolute atomic E-state index is 14.5. The summed E-state index contributed by atoms with van der Waals surface area (Å²) in [4.78, 5) is 111. The molecule has 2 aliphatic rings. The van der Waals surface area contributed by atoms with Crippen molar-refractivity contribution >= 4 is 47.3 Å². The number of imide groups is 1. The number of hydrogen-bond acceptors (Lipinski definition) is 11. The van der Waals surface area contributed by atoms with E-state index in [0.29, 0.717) is 45.1 Å². The highest BCUT2D eigenvalue weighted by atomic mass is 16.6. The summed E-state index contributed by atoms with van der Waals surface area (Å²) in [7, 11) is 4.67. The van der Waals surface area contributed by atoms with E-state index >= 15 is 0 Å². The van der Waals surface area contributed by atoms with Crippen LogP contribution < -0.4 is 16.0 Å². The molecule has 1 aromatic carbocycles. The molecular weight excluding hydrogens is 873 g/mol. The fourth-order valence-corrected chi connectivity index (χ4v) is 8.93. The molecule has 0 saturated carbocycles. The molecule has 3 N–H and O–H groups in total. The number of hydrogen-bond donors (Lipinski definition) is 3. The van der Waals surface area contributed by atoms with E-state index in [1.54, 1.807) is 58.4 Å². The van der Waals surface area contributed by atoms with Crippen molar-refractivity contribution in [3.05, 3.63) is 48.0 Å². The van der Waals surface area contributed by atoms with Gasteiger partial charge in [-0.25, -0.2) is 4.79 Å². The zero-order valence-corrected chi connectivity index (χ0v) is 42.8. The molecule has 7 amide bonds. The normalized spacial score (nSPS) is 18.4. The molecule has 68 heavy (non-hydrogen) atoms. The Morgan fingerprint density at radius 2 is 1.50 bits per heavy atom. The maximum atomic E-state index is 14.5. The number of benzene rings is 1. The minimum absolute atomic E-state index is 0.0715. The number of nitrogens with zero attached hydrogens (tertiary/aromatic N) is 3. The highest BCUT2D eigenvalue weighted by molar-refractivity contribution is 6.12. The predicted octanol–water partition coefficient (Wildman–Crippen LogP) is 4.50. The van der Waals surface area contributed by atoms with E-state index < -0.39 is 71.2 Å². The van der Waals surface area contributed by atoms with Crippen LogP contribution in [0.5, 0.6) is 0 Å². The summed E-state index contributed by atoms with van der Waals surface area (Å²) in [5.74, 6) is -4.40. The lowest BCUT2D eigenvalue weighted by atomic mass is 9.89. The molecule has 17 heteroatoms. The van der Waals surface area contributed by atoms with Crippen LogP contribution in [0.25, 0.3) is 0 Å². The lowest BCUT2D eigenvalue weighted by Crippen LogP contribution is -2.62. The average Bonchev–Trinajstić information content (AvgIpc) is 3.89. The molecule has 1 fully saturated rings. The second-order valence-corrected chi connectivity index (χ2v) is 20.2. The van der Waals surface area contributed by atoms with E-state index in [4.69, 9.17) is 14.2 Å². The number of amides is 7. The molecule has 0 aromatic heterocycles. The van der Waals surface area contributed by atoms with E-state index in [9.17, 15) is 38.4 Å². The molecule has 380 valence electrons. The second-order valence-electron chi connectivity index (χ2n) is 20.2. The largest absolute Gasteiger partial charge is 0.458 e. The zero-order valence-electron chi connectivity index (χ0n) is 42.8. The maximum Gasteiger partial charge on any atom is 0.329 e. The Bertz CT molecular complexity index is 1910. The minimum atomic E-state index is -1.37. The number of likely N-dealkylation sites (tertiary alicyclic amines) is 1. The summed E-state index contributed by atoms with van der Waals surface area (Å²) < 4.78 is 17.7. The van der Waals surface area contributed by atoms with Crippen LogP contribution in [0.4, 0.5) is 0 Å². The van der Waals surface area contributed by atoms with Crippen LogP contribution >= 0.6 is 0 Å². The summed E-state index contributed by atoms with van der Waals surface area (Å²) in [6.45, 7) is 18.5. The van der Waals surface area contributed by atoms with Crippen LogP contribution in [0.1, 0.15) is 126 Å². The third kappa shape index (κ3) is 16.2. The first-order valence-corrected chi connectivity index (χ1v) is 24.2. The molecule has 0 bridgehead atoms. The van der Waals surface area contributed by atoms with Gasteiger partial charge in [-0.3, -0.25) is 38.5 Å². The van der Waals surface area contributed by atoms with Gasteiger partial charge in [0.2, 0.25) is 29.5 Å². The van der Waals surface area contributed by atoms with Crippen LogP contribution in [0, 0.1) is 17.8 Å². The molecule has 0 aliphatic carbocycles. The third-order valence-corrected chi connectivity index (χ3v) is 13.0. The van der Waals surface area contributed by atoms with Gasteiger partial charge in [-0.05, 0) is 77.7 Å². The molecule has 0 radical (unpaired) electrons. The van der Waals surface area contributed by atoms with Crippen molar-refractivity contribution in [3.63, 3.8) is 0 Å². The molecule has 2 aliphatic heterocycles. The molecule has 3 rings (SSSR count). The number of unbranched alkanes of at least 4 members (excludes halogenated alkanes) is 2. The number of rotatable bonds is 26. The molecule has 7 unspecified atom stereocenters. The number of likely N-dealkylation sites (N-methyl/N-ethyl adjacent to an activating group) is 1. The van der Waals surface area contributed by atoms with Gasteiger partial charge in [0.05, 0.1) is 36.6 Å². The third-order valence-electron chi connectivity index (χ3n) is 13.0. The Morgan fingerprint density at radius 3 is 2.06 bits per heavy atom. The van der Waals surface area contributed by atoms with Crippen molar-refractivity contribution in [1.29, 1.82) is 0 Å². The summed E-state index contributed by atoms with van der Waals surface area (Å²) in [5.41, 5.74) is -1.29. The van der Waals surface area contributed by atoms with Gasteiger partial charge in [0.15, 0.2) is 0 Å². The highest BCUT2D eigenvalue weighted by Gasteiger charge is 2.44. The van der Waals surface area contributed by atoms with Crippen LogP contribution in [-0.2, 0) is 59.0 Å². The first-order chi connectivity index (χ1) is 31.9. The van der Waals surface area contributed by atoms with Crippen molar-refractivity contribution in [3.8, 4) is 0 Å². The summed E-state index contributed by atoms with van der Waals surface area (Å²) >= 11 is 0. The van der Waals surface area contributed by atoms with Crippen molar-refractivity contribution < 1.29 is 52.6 Å². The Hall–Kier alpha value is -5.16. The van der Waals surface area contributed by atoms with Gasteiger partial charge in [-0.1, -0.05) is 77.8 Å². The monoisotopic (exact) mass is 953 g/mol. The SMILES string of the molecule is CCC(C)C(C(CC(=O)N1CCC[C@H]1C(OC)C(C)C(=O)NC(Cc1ccccc1)C(=O)OC(C)(C)C)OC)N(C)C(=O)C(NC(=O)C(C)(C)NC(=O)CCCCCN1C(=O)C=CC1=O)C(C)C. The molecule has 0 spiro atoms. The van der Waals surface area contributed by atoms with Crippen LogP contribution in [-0.4, -0.2) is 144 Å². The molecule has 8 atom stereocenters. The van der Waals surface area contributed by atoms with Gasteiger partial charge < -0.3 is 40.0 Å². The average molecular weight is 953 g/mol. The zero-order chi connectivity index (χ0) is 51.1. The molecule has 1 aromatic rings. The Balaban J connectivity index is 1.70. The van der Waals surface area contributed by atoms with Crippen molar-refractivity contribution in [2.24, 2.45) is 17.8 Å². The molecule has 1 saturated heterocycles. The number of nitrogens with one attached hydrogen (secondary N) is 3. The summed E-state index contributed by atoms with van der Waals surface area (Å²) in [5, 5.41) is 8.59. The van der Waals surface area contributed by atoms with E-state index in [-0.39, 0.29) is 67.2 Å². The van der Waals surface area contributed by atoms with Crippen LogP contribution in [0.3, 0.4) is 0 Å². The smallest absolute Gasteiger partial charge is 0.329 e. The van der Waals surface area contributed by atoms with Gasteiger partial charge in [0, 0.05) is 59.4 Å². The van der Waals surface area contributed by atoms with Gasteiger partial charge in [0.1, 0.15) is 23.2 Å². The number of ether oxygens (including phenoxy) is 3. The standard InChI is InChI=1S/C51H80N6O11/c1-14-33(4)44(55(11)47(63)43(32(2)3)53-49(65)51(9,10)54-39(58)25-19-16-20-28-57-40(59)26-27-41(57)60)38(66-12)31-42(61)56-29-21-24-37(56)45(67-13)34(5)46(62)52-36(48(64)68-50(6,7)8)30-35-22-17-15-18-23-35/h15,17-18,22-23,26-27,32-34,36-38,43-45H,14,16,19-21,24-25,28-31H2,1-13H3,(H,52,62)(H,53,65)(H,54,58)/t33?,34?,36?,37-,38?,43?,44?,45?/m0/s1. The van der Waals surface area contributed by atoms with E-state index in [1.807, 2.05) is 58.0 Å². The van der Waals surface area contributed by atoms with Crippen LogP contribution in [0.2, 0.25) is 0 Å². The predicted molar refractivity (Wildman–Crippen MR) is 257 cm³/mol. The topological polar surface area (TPSA) is 210 Å². The van der Waals surface area contributed by atoms with Crippen molar-refractivity contribution in [1.82, 2.24) is 30.7 Å². The number of methoxy groups -OCH3 is 2. The van der Waals surface area contributed by atoms with E-state index in [1.165, 1.54) is 26.4 Å². The Kier molecular flexibility index (Phi) is 21.9. The van der Waals surface area contributed by atoms with Crippen LogP contribution in [0.15, 0.2) is 42.5 Å². The van der Waals surface area contributed by atoms with Gasteiger partial charge in [-0.2, -0.15) is 0 Å². The van der Waals surface area contributed by atoms with Crippen molar-refractivity contribution in [2.75, 3.05) is 34.4 Å². The second kappa shape index (κ2) is 26.0. The summed E-state index contributed by atoms with van der Waals surface area (Å²) in [6, 6.07) is 6.39.